The van der Waals surface area contributed by atoms with Gasteiger partial charge in [-0.05, 0) is 12.1 Å². The van der Waals surface area contributed by atoms with Gasteiger partial charge in [-0.25, -0.2) is 13.8 Å². The molecule has 3 heterocycles. The standard InChI is InChI=1S/C21H14F2N4O4/c1-30-21-18-15(2-6-26-21)25-7-4-17(18)31-19-13(22)8-11(9-14(19)23)27-20(29)12-10-24-5-3-16(12)28/h2-10H,1H3,(H,24,28)(H,27,29). The van der Waals surface area contributed by atoms with Crippen LogP contribution in [-0.2, 0) is 0 Å². The van der Waals surface area contributed by atoms with Gasteiger partial charge < -0.3 is 19.8 Å². The van der Waals surface area contributed by atoms with Gasteiger partial charge in [0.1, 0.15) is 16.7 Å². The molecule has 0 radical (unpaired) electrons. The summed E-state index contributed by atoms with van der Waals surface area (Å²) in [5.41, 5.74) is -0.465. The molecule has 2 N–H and O–H groups in total. The summed E-state index contributed by atoms with van der Waals surface area (Å²) in [6.45, 7) is 0. The average Bonchev–Trinajstić information content (AvgIpc) is 2.76. The largest absolute Gasteiger partial charge is 0.480 e. The molecule has 31 heavy (non-hydrogen) atoms. The molecule has 3 aromatic heterocycles. The van der Waals surface area contributed by atoms with Crippen LogP contribution in [0, 0.1) is 11.6 Å². The minimum atomic E-state index is -1.06. The summed E-state index contributed by atoms with van der Waals surface area (Å²) >= 11 is 0. The molecule has 8 nitrogen and oxygen atoms in total. The van der Waals surface area contributed by atoms with Gasteiger partial charge in [-0.3, -0.25) is 14.6 Å². The van der Waals surface area contributed by atoms with Crippen LogP contribution >= 0.6 is 0 Å². The van der Waals surface area contributed by atoms with Crippen molar-refractivity contribution in [2.75, 3.05) is 12.4 Å². The molecule has 0 aliphatic rings. The quantitative estimate of drug-likeness (QED) is 0.507. The molecular weight excluding hydrogens is 410 g/mol. The van der Waals surface area contributed by atoms with Crippen LogP contribution in [0.2, 0.25) is 0 Å². The molecular formula is C21H14F2N4O4. The van der Waals surface area contributed by atoms with E-state index in [2.05, 4.69) is 20.3 Å². The lowest BCUT2D eigenvalue weighted by atomic mass is 10.2. The van der Waals surface area contributed by atoms with E-state index in [9.17, 15) is 18.4 Å². The highest BCUT2D eigenvalue weighted by Crippen LogP contribution is 2.36. The van der Waals surface area contributed by atoms with Crippen molar-refractivity contribution in [3.63, 3.8) is 0 Å². The van der Waals surface area contributed by atoms with E-state index in [-0.39, 0.29) is 22.9 Å². The van der Waals surface area contributed by atoms with Gasteiger partial charge in [-0.15, -0.1) is 0 Å². The molecule has 4 rings (SSSR count). The number of benzene rings is 1. The molecule has 1 aromatic carbocycles. The molecule has 0 saturated carbocycles. The number of nitrogens with one attached hydrogen (secondary N) is 2. The monoisotopic (exact) mass is 424 g/mol. The van der Waals surface area contributed by atoms with Crippen LogP contribution < -0.4 is 20.2 Å². The molecule has 0 aliphatic heterocycles. The smallest absolute Gasteiger partial charge is 0.261 e. The van der Waals surface area contributed by atoms with Crippen molar-refractivity contribution in [2.45, 2.75) is 0 Å². The number of amides is 1. The number of nitrogens with zero attached hydrogens (tertiary/aromatic N) is 2. The number of aromatic amines is 1. The number of halogens is 2. The number of anilines is 1. The lowest BCUT2D eigenvalue weighted by molar-refractivity contribution is 0.102. The molecule has 0 saturated heterocycles. The van der Waals surface area contributed by atoms with Crippen LogP contribution in [0.5, 0.6) is 17.4 Å². The maximum atomic E-state index is 14.7. The Bertz CT molecular complexity index is 1330. The van der Waals surface area contributed by atoms with Crippen LogP contribution in [-0.4, -0.2) is 28.0 Å². The molecule has 0 unspecified atom stereocenters. The van der Waals surface area contributed by atoms with Crippen LogP contribution in [0.1, 0.15) is 10.4 Å². The summed E-state index contributed by atoms with van der Waals surface area (Å²) < 4.78 is 40.0. The summed E-state index contributed by atoms with van der Waals surface area (Å²) in [6.07, 6.45) is 5.45. The third-order valence-electron chi connectivity index (χ3n) is 4.31. The Labute approximate surface area is 173 Å². The lowest BCUT2D eigenvalue weighted by Gasteiger charge is -2.13. The van der Waals surface area contributed by atoms with E-state index in [1.807, 2.05) is 0 Å². The van der Waals surface area contributed by atoms with Gasteiger partial charge in [-0.2, -0.15) is 0 Å². The van der Waals surface area contributed by atoms with Crippen LogP contribution in [0.3, 0.4) is 0 Å². The van der Waals surface area contributed by atoms with Crippen molar-refractivity contribution in [1.82, 2.24) is 15.0 Å². The Balaban J connectivity index is 1.66. The Kier molecular flexibility index (Phi) is 5.27. The Morgan fingerprint density at radius 3 is 2.55 bits per heavy atom. The van der Waals surface area contributed by atoms with Gasteiger partial charge in [-0.1, -0.05) is 0 Å². The van der Waals surface area contributed by atoms with Crippen molar-refractivity contribution in [3.05, 3.63) is 82.5 Å². The zero-order chi connectivity index (χ0) is 22.0. The molecule has 156 valence electrons. The van der Waals surface area contributed by atoms with Crippen molar-refractivity contribution >= 4 is 22.5 Å². The minimum absolute atomic E-state index is 0.0837. The number of carbonyl (C=O) groups excluding carboxylic acids is 1. The SMILES string of the molecule is COc1nccc2nccc(Oc3c(F)cc(NC(=O)c4c[nH]ccc4=O)cc3F)c12. The molecule has 0 bridgehead atoms. The number of fused-ring (bicyclic) bond motifs is 1. The third kappa shape index (κ3) is 3.90. The number of methoxy groups -OCH3 is 1. The zero-order valence-corrected chi connectivity index (χ0v) is 16.0. The highest BCUT2D eigenvalue weighted by Gasteiger charge is 2.19. The van der Waals surface area contributed by atoms with Gasteiger partial charge in [0.2, 0.25) is 5.88 Å². The number of ether oxygens (including phenoxy) is 2. The minimum Gasteiger partial charge on any atom is -0.480 e. The summed E-state index contributed by atoms with van der Waals surface area (Å²) in [5, 5.41) is 2.62. The second-order valence-electron chi connectivity index (χ2n) is 6.27. The average molecular weight is 424 g/mol. The van der Waals surface area contributed by atoms with E-state index in [4.69, 9.17) is 9.47 Å². The molecule has 0 spiro atoms. The van der Waals surface area contributed by atoms with E-state index in [1.54, 1.807) is 6.07 Å². The fraction of sp³-hybridized carbons (Fsp3) is 0.0476. The molecule has 0 fully saturated rings. The van der Waals surface area contributed by atoms with Crippen LogP contribution in [0.4, 0.5) is 14.5 Å². The van der Waals surface area contributed by atoms with Gasteiger partial charge in [0.25, 0.3) is 5.91 Å². The first kappa shape index (κ1) is 20.0. The number of rotatable bonds is 5. The summed E-state index contributed by atoms with van der Waals surface area (Å²) in [5.74, 6) is -3.37. The number of carbonyl (C=O) groups is 1. The summed E-state index contributed by atoms with van der Waals surface area (Å²) in [6, 6.07) is 5.94. The van der Waals surface area contributed by atoms with Gasteiger partial charge in [0, 0.05) is 48.7 Å². The number of hydrogen-bond acceptors (Lipinski definition) is 6. The van der Waals surface area contributed by atoms with Gasteiger partial charge in [0.15, 0.2) is 22.8 Å². The molecule has 4 aromatic rings. The van der Waals surface area contributed by atoms with Gasteiger partial charge in [0.05, 0.1) is 12.6 Å². The lowest BCUT2D eigenvalue weighted by Crippen LogP contribution is -2.21. The highest BCUT2D eigenvalue weighted by atomic mass is 19.1. The van der Waals surface area contributed by atoms with E-state index < -0.39 is 28.7 Å². The molecule has 0 atom stereocenters. The fourth-order valence-electron chi connectivity index (χ4n) is 2.91. The van der Waals surface area contributed by atoms with E-state index in [0.717, 1.165) is 18.2 Å². The van der Waals surface area contributed by atoms with Crippen molar-refractivity contribution in [1.29, 1.82) is 0 Å². The predicted molar refractivity (Wildman–Crippen MR) is 108 cm³/mol. The molecule has 1 amide bonds. The normalized spacial score (nSPS) is 10.7. The second kappa shape index (κ2) is 8.19. The first-order chi connectivity index (χ1) is 15.0. The Morgan fingerprint density at radius 1 is 1.10 bits per heavy atom. The van der Waals surface area contributed by atoms with Gasteiger partial charge >= 0.3 is 0 Å². The summed E-state index contributed by atoms with van der Waals surface area (Å²) in [4.78, 5) is 34.8. The summed E-state index contributed by atoms with van der Waals surface area (Å²) in [7, 11) is 1.40. The van der Waals surface area contributed by atoms with Crippen molar-refractivity contribution in [3.8, 4) is 17.4 Å². The zero-order valence-electron chi connectivity index (χ0n) is 16.0. The number of aromatic nitrogens is 3. The molecule has 0 aliphatic carbocycles. The van der Waals surface area contributed by atoms with E-state index in [0.29, 0.717) is 10.9 Å². The van der Waals surface area contributed by atoms with Crippen LogP contribution in [0.25, 0.3) is 10.9 Å². The second-order valence-corrected chi connectivity index (χ2v) is 6.27. The topological polar surface area (TPSA) is 106 Å². The predicted octanol–water partition coefficient (Wildman–Crippen LogP) is 3.65. The Hall–Kier alpha value is -4.34. The van der Waals surface area contributed by atoms with E-state index >= 15 is 0 Å². The maximum Gasteiger partial charge on any atom is 0.261 e. The van der Waals surface area contributed by atoms with Crippen LogP contribution in [0.15, 0.2) is 59.9 Å². The first-order valence-electron chi connectivity index (χ1n) is 8.91. The Morgan fingerprint density at radius 2 is 1.84 bits per heavy atom. The number of hydrogen-bond donors (Lipinski definition) is 2. The molecule has 10 heteroatoms. The van der Waals surface area contributed by atoms with Crippen molar-refractivity contribution < 1.29 is 23.0 Å². The maximum absolute atomic E-state index is 14.7. The third-order valence-corrected chi connectivity index (χ3v) is 4.31. The van der Waals surface area contributed by atoms with Crippen molar-refractivity contribution in [2.24, 2.45) is 0 Å². The number of pyridine rings is 3. The fourth-order valence-corrected chi connectivity index (χ4v) is 2.91. The van der Waals surface area contributed by atoms with E-state index in [1.165, 1.54) is 38.0 Å². The highest BCUT2D eigenvalue weighted by molar-refractivity contribution is 6.04. The number of H-pyrrole nitrogens is 1. The first-order valence-corrected chi connectivity index (χ1v) is 8.91.